The maximum absolute atomic E-state index is 12.3. The van der Waals surface area contributed by atoms with Gasteiger partial charge < -0.3 is 10.3 Å². The molecule has 0 bridgehead atoms. The summed E-state index contributed by atoms with van der Waals surface area (Å²) in [5.41, 5.74) is 6.70. The summed E-state index contributed by atoms with van der Waals surface area (Å²) in [5, 5.41) is 0. The van der Waals surface area contributed by atoms with Crippen LogP contribution in [-0.4, -0.2) is 24.5 Å². The van der Waals surface area contributed by atoms with E-state index in [1.165, 1.54) is 0 Å². The lowest BCUT2D eigenvalue weighted by atomic mass is 10.2. The number of unbranched alkanes of at least 4 members (excludes halogenated alkanes) is 1. The molecule has 0 fully saturated rings. The Morgan fingerprint density at radius 3 is 2.81 bits per heavy atom. The van der Waals surface area contributed by atoms with Gasteiger partial charge in [-0.15, -0.1) is 0 Å². The monoisotopic (exact) mass is 308 g/mol. The Labute approximate surface area is 125 Å². The van der Waals surface area contributed by atoms with Gasteiger partial charge in [-0.25, -0.2) is 18.1 Å². The Balaban J connectivity index is 1.87. The summed E-state index contributed by atoms with van der Waals surface area (Å²) in [6.45, 7) is 2.96. The number of nitrogens with zero attached hydrogens (tertiary/aromatic N) is 2. The van der Waals surface area contributed by atoms with Crippen LogP contribution in [0.15, 0.2) is 41.8 Å². The molecule has 0 unspecified atom stereocenters. The van der Waals surface area contributed by atoms with Crippen molar-refractivity contribution >= 4 is 15.7 Å². The Kier molecular flexibility index (Phi) is 4.98. The highest BCUT2D eigenvalue weighted by Gasteiger charge is 2.18. The average Bonchev–Trinajstić information content (AvgIpc) is 2.91. The molecular weight excluding hydrogens is 288 g/mol. The van der Waals surface area contributed by atoms with Crippen LogP contribution in [0.4, 0.5) is 5.69 Å². The zero-order valence-electron chi connectivity index (χ0n) is 12.0. The first-order valence-electron chi connectivity index (χ1n) is 6.81. The number of benzene rings is 1. The Morgan fingerprint density at radius 1 is 1.33 bits per heavy atom. The van der Waals surface area contributed by atoms with E-state index in [1.54, 1.807) is 37.6 Å². The molecule has 7 heteroatoms. The first-order valence-corrected chi connectivity index (χ1v) is 8.29. The normalized spacial score (nSPS) is 11.7. The van der Waals surface area contributed by atoms with Crippen molar-refractivity contribution in [3.8, 4) is 0 Å². The molecule has 0 aliphatic rings. The van der Waals surface area contributed by atoms with Crippen molar-refractivity contribution in [3.63, 3.8) is 0 Å². The fourth-order valence-corrected chi connectivity index (χ4v) is 3.59. The third kappa shape index (κ3) is 4.05. The van der Waals surface area contributed by atoms with Crippen molar-refractivity contribution in [2.24, 2.45) is 0 Å². The molecular formula is C14H20N4O2S. The van der Waals surface area contributed by atoms with Crippen molar-refractivity contribution in [2.45, 2.75) is 31.2 Å². The number of aryl methyl sites for hydroxylation is 2. The van der Waals surface area contributed by atoms with E-state index in [4.69, 9.17) is 5.73 Å². The first kappa shape index (κ1) is 15.5. The zero-order valence-corrected chi connectivity index (χ0v) is 12.8. The minimum absolute atomic E-state index is 0.180. The van der Waals surface area contributed by atoms with Gasteiger partial charge in [0.25, 0.3) is 0 Å². The second kappa shape index (κ2) is 6.73. The van der Waals surface area contributed by atoms with Crippen LogP contribution < -0.4 is 10.5 Å². The fraction of sp³-hybridized carbons (Fsp3) is 0.357. The standard InChI is InChI=1S/C14H20N4O2S/c1-12-5-4-6-13(15)14(12)21(19,20)17-7-2-3-9-18-10-8-16-11-18/h4-6,8,10-11,17H,2-3,7,9,15H2,1H3. The number of rotatable bonds is 7. The number of nitrogens with two attached hydrogens (primary N) is 1. The Morgan fingerprint density at radius 2 is 2.14 bits per heavy atom. The Bertz CT molecular complexity index is 661. The Hall–Kier alpha value is -1.86. The smallest absolute Gasteiger partial charge is 0.242 e. The fourth-order valence-electron chi connectivity index (χ4n) is 2.16. The summed E-state index contributed by atoms with van der Waals surface area (Å²) >= 11 is 0. The number of sulfonamides is 1. The van der Waals surface area contributed by atoms with Gasteiger partial charge in [-0.2, -0.15) is 0 Å². The van der Waals surface area contributed by atoms with Gasteiger partial charge in [0, 0.05) is 25.5 Å². The van der Waals surface area contributed by atoms with E-state index in [-0.39, 0.29) is 10.6 Å². The number of imidazole rings is 1. The maximum atomic E-state index is 12.3. The summed E-state index contributed by atoms with van der Waals surface area (Å²) in [7, 11) is -3.55. The molecule has 21 heavy (non-hydrogen) atoms. The third-order valence-corrected chi connectivity index (χ3v) is 4.88. The van der Waals surface area contributed by atoms with E-state index in [0.717, 1.165) is 19.4 Å². The van der Waals surface area contributed by atoms with Gasteiger partial charge >= 0.3 is 0 Å². The largest absolute Gasteiger partial charge is 0.398 e. The number of hydrogen-bond donors (Lipinski definition) is 2. The van der Waals surface area contributed by atoms with Gasteiger partial charge in [0.1, 0.15) is 4.90 Å². The van der Waals surface area contributed by atoms with Crippen LogP contribution in [-0.2, 0) is 16.6 Å². The highest BCUT2D eigenvalue weighted by Crippen LogP contribution is 2.21. The molecule has 114 valence electrons. The summed E-state index contributed by atoms with van der Waals surface area (Å²) in [4.78, 5) is 4.14. The number of anilines is 1. The molecule has 0 spiro atoms. The first-order chi connectivity index (χ1) is 10.0. The van der Waals surface area contributed by atoms with Crippen LogP contribution in [0.5, 0.6) is 0 Å². The number of hydrogen-bond acceptors (Lipinski definition) is 4. The molecule has 0 aliphatic carbocycles. The van der Waals surface area contributed by atoms with E-state index in [9.17, 15) is 8.42 Å². The van der Waals surface area contributed by atoms with Crippen LogP contribution in [0, 0.1) is 6.92 Å². The van der Waals surface area contributed by atoms with Crippen LogP contribution in [0.25, 0.3) is 0 Å². The number of aromatic nitrogens is 2. The van der Waals surface area contributed by atoms with E-state index in [2.05, 4.69) is 9.71 Å². The van der Waals surface area contributed by atoms with Gasteiger partial charge in [-0.05, 0) is 31.4 Å². The quantitative estimate of drug-likeness (QED) is 0.599. The predicted octanol–water partition coefficient (Wildman–Crippen LogP) is 1.53. The molecule has 1 aromatic carbocycles. The van der Waals surface area contributed by atoms with Crippen LogP contribution in [0.1, 0.15) is 18.4 Å². The topological polar surface area (TPSA) is 90.0 Å². The van der Waals surface area contributed by atoms with Gasteiger partial charge in [0.2, 0.25) is 10.0 Å². The molecule has 2 aromatic rings. The molecule has 0 saturated heterocycles. The zero-order chi connectivity index (χ0) is 15.3. The second-order valence-corrected chi connectivity index (χ2v) is 6.60. The summed E-state index contributed by atoms with van der Waals surface area (Å²) in [6.07, 6.45) is 6.99. The average molecular weight is 308 g/mol. The molecule has 0 radical (unpaired) electrons. The van der Waals surface area contributed by atoms with E-state index >= 15 is 0 Å². The highest BCUT2D eigenvalue weighted by molar-refractivity contribution is 7.89. The van der Waals surface area contributed by atoms with Crippen LogP contribution in [0.2, 0.25) is 0 Å². The molecule has 3 N–H and O–H groups in total. The lowest BCUT2D eigenvalue weighted by molar-refractivity contribution is 0.566. The predicted molar refractivity (Wildman–Crippen MR) is 82.2 cm³/mol. The van der Waals surface area contributed by atoms with Crippen molar-refractivity contribution in [2.75, 3.05) is 12.3 Å². The van der Waals surface area contributed by atoms with Gasteiger partial charge in [-0.1, -0.05) is 12.1 Å². The van der Waals surface area contributed by atoms with Crippen molar-refractivity contribution < 1.29 is 8.42 Å². The molecule has 6 nitrogen and oxygen atoms in total. The summed E-state index contributed by atoms with van der Waals surface area (Å²) < 4.78 is 29.1. The van der Waals surface area contributed by atoms with Crippen molar-refractivity contribution in [3.05, 3.63) is 42.5 Å². The molecule has 2 rings (SSSR count). The second-order valence-electron chi connectivity index (χ2n) is 4.90. The van der Waals surface area contributed by atoms with Gasteiger partial charge in [-0.3, -0.25) is 0 Å². The van der Waals surface area contributed by atoms with Gasteiger partial charge in [0.15, 0.2) is 0 Å². The molecule has 1 heterocycles. The number of nitrogens with one attached hydrogen (secondary N) is 1. The van der Waals surface area contributed by atoms with Crippen LogP contribution >= 0.6 is 0 Å². The maximum Gasteiger partial charge on any atom is 0.242 e. The molecule has 0 atom stereocenters. The summed E-state index contributed by atoms with van der Waals surface area (Å²) in [5.74, 6) is 0. The van der Waals surface area contributed by atoms with E-state index in [1.807, 2.05) is 10.8 Å². The van der Waals surface area contributed by atoms with E-state index in [0.29, 0.717) is 12.1 Å². The molecule has 1 aromatic heterocycles. The van der Waals surface area contributed by atoms with Gasteiger partial charge in [0.05, 0.1) is 12.0 Å². The lowest BCUT2D eigenvalue weighted by Gasteiger charge is -2.11. The van der Waals surface area contributed by atoms with Crippen molar-refractivity contribution in [1.82, 2.24) is 14.3 Å². The minimum Gasteiger partial charge on any atom is -0.398 e. The minimum atomic E-state index is -3.55. The lowest BCUT2D eigenvalue weighted by Crippen LogP contribution is -2.26. The molecule has 0 amide bonds. The number of nitrogen functional groups attached to an aromatic ring is 1. The highest BCUT2D eigenvalue weighted by atomic mass is 32.2. The SMILES string of the molecule is Cc1cccc(N)c1S(=O)(=O)NCCCCn1ccnc1. The molecule has 0 saturated carbocycles. The van der Waals surface area contributed by atoms with Crippen molar-refractivity contribution in [1.29, 1.82) is 0 Å². The third-order valence-electron chi connectivity index (χ3n) is 3.21. The summed E-state index contributed by atoms with van der Waals surface area (Å²) in [6, 6.07) is 5.08. The van der Waals surface area contributed by atoms with E-state index < -0.39 is 10.0 Å². The molecule has 0 aliphatic heterocycles. The van der Waals surface area contributed by atoms with Crippen LogP contribution in [0.3, 0.4) is 0 Å².